The van der Waals surface area contributed by atoms with Gasteiger partial charge < -0.3 is 9.87 Å². The second-order valence-corrected chi connectivity index (χ2v) is 7.52. The van der Waals surface area contributed by atoms with E-state index in [4.69, 9.17) is 5.14 Å². The van der Waals surface area contributed by atoms with Gasteiger partial charge in [-0.15, -0.1) is 0 Å². The fourth-order valence-corrected chi connectivity index (χ4v) is 3.13. The van der Waals surface area contributed by atoms with Crippen molar-refractivity contribution in [3.63, 3.8) is 0 Å². The van der Waals surface area contributed by atoms with Gasteiger partial charge in [0.1, 0.15) is 15.5 Å². The molecule has 0 aliphatic rings. The number of sulfonamides is 1. The summed E-state index contributed by atoms with van der Waals surface area (Å²) >= 11 is 0. The van der Waals surface area contributed by atoms with E-state index in [9.17, 15) is 21.4 Å². The first-order valence-corrected chi connectivity index (χ1v) is 9.09. The van der Waals surface area contributed by atoms with Gasteiger partial charge in [0.15, 0.2) is 0 Å². The molecule has 10 heteroatoms. The van der Waals surface area contributed by atoms with Crippen molar-refractivity contribution in [2.24, 2.45) is 5.14 Å². The minimum atomic E-state index is -4.66. The molecule has 0 bridgehead atoms. The third-order valence-electron chi connectivity index (χ3n) is 2.87. The summed E-state index contributed by atoms with van der Waals surface area (Å²) in [6.07, 6.45) is 0. The van der Waals surface area contributed by atoms with Crippen LogP contribution in [0.3, 0.4) is 0 Å². The fraction of sp³-hybridized carbons (Fsp3) is 0.0769. The summed E-state index contributed by atoms with van der Waals surface area (Å²) < 4.78 is 56.6. The van der Waals surface area contributed by atoms with Crippen molar-refractivity contribution in [3.05, 3.63) is 60.2 Å². The molecular weight excluding hydrogens is 351 g/mol. The number of primary sulfonamides is 1. The van der Waals surface area contributed by atoms with Crippen LogP contribution in [0.15, 0.2) is 59.5 Å². The number of rotatable bonds is 5. The summed E-state index contributed by atoms with van der Waals surface area (Å²) in [5.74, 6) is 0. The molecule has 23 heavy (non-hydrogen) atoms. The topological polar surface area (TPSA) is 129 Å². The fourth-order valence-electron chi connectivity index (χ4n) is 1.84. The first-order valence-electron chi connectivity index (χ1n) is 6.07. The molecule has 0 aliphatic heterocycles. The predicted octanol–water partition coefficient (Wildman–Crippen LogP) is -2.01. The second-order valence-electron chi connectivity index (χ2n) is 4.50. The maximum atomic E-state index is 11.4. The van der Waals surface area contributed by atoms with Gasteiger partial charge in [0, 0.05) is 5.69 Å². The zero-order valence-electron chi connectivity index (χ0n) is 12.2. The van der Waals surface area contributed by atoms with Gasteiger partial charge in [-0.2, -0.15) is 0 Å². The molecule has 2 rings (SSSR count). The molecular formula is C13H13N2NaO5S2. The zero-order chi connectivity index (χ0) is 16.4. The molecule has 2 aromatic rings. The molecule has 0 radical (unpaired) electrons. The number of hydrogen-bond donors (Lipinski definition) is 2. The van der Waals surface area contributed by atoms with Gasteiger partial charge in [-0.1, -0.05) is 30.3 Å². The van der Waals surface area contributed by atoms with Crippen LogP contribution in [0.5, 0.6) is 0 Å². The minimum absolute atomic E-state index is 0. The predicted molar refractivity (Wildman–Crippen MR) is 80.3 cm³/mol. The van der Waals surface area contributed by atoms with Gasteiger partial charge in [0.25, 0.3) is 0 Å². The van der Waals surface area contributed by atoms with Crippen molar-refractivity contribution in [2.45, 2.75) is 10.3 Å². The molecule has 0 amide bonds. The Hall–Kier alpha value is -0.940. The average Bonchev–Trinajstić information content (AvgIpc) is 2.44. The quantitative estimate of drug-likeness (QED) is 0.466. The normalized spacial score (nSPS) is 13.0. The molecule has 3 N–H and O–H groups in total. The SMILES string of the molecule is NS(=O)(=O)c1ccc(NC(c2ccccc2)S(=O)(=O)[O-])cc1.[Na+]. The maximum absolute atomic E-state index is 11.4. The Kier molecular flexibility index (Phi) is 6.78. The monoisotopic (exact) mass is 364 g/mol. The van der Waals surface area contributed by atoms with Gasteiger partial charge in [-0.3, -0.25) is 0 Å². The van der Waals surface area contributed by atoms with Crippen LogP contribution in [-0.2, 0) is 20.1 Å². The Labute approximate surface area is 157 Å². The van der Waals surface area contributed by atoms with E-state index < -0.39 is 25.5 Å². The molecule has 0 saturated carbocycles. The molecule has 0 heterocycles. The third-order valence-corrected chi connectivity index (χ3v) is 4.77. The summed E-state index contributed by atoms with van der Waals surface area (Å²) in [6.45, 7) is 0. The molecule has 0 saturated heterocycles. The number of anilines is 1. The van der Waals surface area contributed by atoms with Crippen LogP contribution in [0.1, 0.15) is 10.9 Å². The van der Waals surface area contributed by atoms with E-state index >= 15 is 0 Å². The van der Waals surface area contributed by atoms with Crippen LogP contribution in [0.25, 0.3) is 0 Å². The molecule has 0 aromatic heterocycles. The molecule has 1 unspecified atom stereocenters. The Balaban J connectivity index is 0.00000264. The van der Waals surface area contributed by atoms with E-state index in [1.54, 1.807) is 18.2 Å². The van der Waals surface area contributed by atoms with Crippen LogP contribution >= 0.6 is 0 Å². The number of nitrogens with one attached hydrogen (secondary N) is 1. The van der Waals surface area contributed by atoms with Gasteiger partial charge in [-0.25, -0.2) is 22.0 Å². The van der Waals surface area contributed by atoms with E-state index in [1.807, 2.05) is 0 Å². The molecule has 2 aromatic carbocycles. The summed E-state index contributed by atoms with van der Waals surface area (Å²) in [7, 11) is -8.50. The van der Waals surface area contributed by atoms with Crippen LogP contribution in [-0.4, -0.2) is 21.4 Å². The summed E-state index contributed by atoms with van der Waals surface area (Å²) in [4.78, 5) is -0.112. The van der Waals surface area contributed by atoms with E-state index in [0.29, 0.717) is 0 Å². The molecule has 0 aliphatic carbocycles. The van der Waals surface area contributed by atoms with E-state index in [-0.39, 0.29) is 45.7 Å². The minimum Gasteiger partial charge on any atom is -0.746 e. The Morgan fingerprint density at radius 1 is 0.913 bits per heavy atom. The third kappa shape index (κ3) is 5.57. The first-order chi connectivity index (χ1) is 10.2. The van der Waals surface area contributed by atoms with Crippen LogP contribution in [0.2, 0.25) is 0 Å². The smallest absolute Gasteiger partial charge is 0.746 e. The Morgan fingerprint density at radius 2 is 1.43 bits per heavy atom. The molecule has 118 valence electrons. The van der Waals surface area contributed by atoms with Crippen LogP contribution in [0, 0.1) is 0 Å². The summed E-state index contributed by atoms with van der Waals surface area (Å²) in [5, 5.41) is 6.07. The van der Waals surface area contributed by atoms with E-state index in [2.05, 4.69) is 5.32 Å². The van der Waals surface area contributed by atoms with Gasteiger partial charge >= 0.3 is 29.6 Å². The maximum Gasteiger partial charge on any atom is 1.00 e. The Morgan fingerprint density at radius 3 is 1.87 bits per heavy atom. The largest absolute Gasteiger partial charge is 1.00 e. The molecule has 7 nitrogen and oxygen atoms in total. The van der Waals surface area contributed by atoms with Crippen molar-refractivity contribution in [1.82, 2.24) is 0 Å². The summed E-state index contributed by atoms with van der Waals surface area (Å²) in [5.41, 5.74) is 0.564. The average molecular weight is 364 g/mol. The van der Waals surface area contributed by atoms with Gasteiger partial charge in [0.2, 0.25) is 10.0 Å². The standard InChI is InChI=1S/C13H14N2O5S2.Na/c14-21(16,17)12-8-6-11(7-9-12)15-13(22(18,19)20)10-4-2-1-3-5-10;/h1-9,13,15H,(H2,14,16,17)(H,18,19,20);/q;+1/p-1. The van der Waals surface area contributed by atoms with E-state index in [1.165, 1.54) is 36.4 Å². The second kappa shape index (κ2) is 7.75. The number of hydrogen-bond acceptors (Lipinski definition) is 6. The molecule has 0 spiro atoms. The van der Waals surface area contributed by atoms with Crippen LogP contribution < -0.4 is 40.0 Å². The van der Waals surface area contributed by atoms with Crippen molar-refractivity contribution >= 4 is 25.8 Å². The summed E-state index contributed by atoms with van der Waals surface area (Å²) in [6, 6.07) is 13.0. The van der Waals surface area contributed by atoms with E-state index in [0.717, 1.165) is 0 Å². The number of nitrogens with two attached hydrogens (primary N) is 1. The van der Waals surface area contributed by atoms with Crippen LogP contribution in [0.4, 0.5) is 5.69 Å². The van der Waals surface area contributed by atoms with Crippen molar-refractivity contribution < 1.29 is 50.9 Å². The molecule has 0 fully saturated rings. The van der Waals surface area contributed by atoms with Crippen molar-refractivity contribution in [3.8, 4) is 0 Å². The first kappa shape index (κ1) is 20.1. The molecule has 1 atom stereocenters. The van der Waals surface area contributed by atoms with Crippen molar-refractivity contribution in [2.75, 3.05) is 5.32 Å². The number of benzene rings is 2. The van der Waals surface area contributed by atoms with Gasteiger partial charge in [-0.05, 0) is 29.8 Å². The zero-order valence-corrected chi connectivity index (χ0v) is 15.8. The Bertz CT molecular complexity index is 853. The van der Waals surface area contributed by atoms with Crippen molar-refractivity contribution in [1.29, 1.82) is 0 Å². The van der Waals surface area contributed by atoms with Gasteiger partial charge in [0.05, 0.1) is 4.90 Å².